The number of esters is 1. The number of amides is 3. The normalized spacial score (nSPS) is 19.6. The molecule has 2 fully saturated rings. The molecule has 0 radical (unpaired) electrons. The molecule has 3 heterocycles. The minimum Gasteiger partial charge on any atom is -0.450 e. The third-order valence-electron chi connectivity index (χ3n) is 8.66. The number of fused-ring (bicyclic) bond motifs is 2. The van der Waals surface area contributed by atoms with Gasteiger partial charge in [0.2, 0.25) is 0 Å². The van der Waals surface area contributed by atoms with Crippen molar-refractivity contribution in [1.82, 2.24) is 15.1 Å². The summed E-state index contributed by atoms with van der Waals surface area (Å²) in [6, 6.07) is 14.7. The lowest BCUT2D eigenvalue weighted by molar-refractivity contribution is -0.133. The van der Waals surface area contributed by atoms with Crippen LogP contribution in [0.2, 0.25) is 0 Å². The number of nitriles is 1. The summed E-state index contributed by atoms with van der Waals surface area (Å²) in [7, 11) is 0. The van der Waals surface area contributed by atoms with E-state index < -0.39 is 40.9 Å². The third kappa shape index (κ3) is 8.70. The fourth-order valence-corrected chi connectivity index (χ4v) is 6.25. The zero-order chi connectivity index (χ0) is 35.6. The van der Waals surface area contributed by atoms with E-state index in [9.17, 15) is 24.4 Å². The minimum atomic E-state index is -0.920. The molecular weight excluding hydrogens is 628 g/mol. The van der Waals surface area contributed by atoms with Crippen LogP contribution in [0.5, 0.6) is 0 Å². The maximum atomic E-state index is 13.1. The molecule has 3 aliphatic heterocycles. The maximum absolute atomic E-state index is 13.1. The summed E-state index contributed by atoms with van der Waals surface area (Å²) in [6.07, 6.45) is -0.0148. The number of hydrogen-bond donors (Lipinski definition) is 1. The summed E-state index contributed by atoms with van der Waals surface area (Å²) in [4.78, 5) is 54.4. The first-order chi connectivity index (χ1) is 23.1. The molecule has 0 saturated carbocycles. The Hall–Kier alpha value is -4.63. The molecule has 3 amide bonds. The highest BCUT2D eigenvalue weighted by molar-refractivity contribution is 5.95. The topological polar surface area (TPSA) is 147 Å². The molecule has 262 valence electrons. The van der Waals surface area contributed by atoms with Crippen molar-refractivity contribution in [3.8, 4) is 17.2 Å². The van der Waals surface area contributed by atoms with Gasteiger partial charge in [-0.15, -0.1) is 0 Å². The monoisotopic (exact) mass is 674 g/mol. The Labute approximate surface area is 287 Å². The Morgan fingerprint density at radius 2 is 1.55 bits per heavy atom. The van der Waals surface area contributed by atoms with Crippen LogP contribution in [-0.2, 0) is 35.8 Å². The van der Waals surface area contributed by atoms with Crippen LogP contribution in [-0.4, -0.2) is 90.0 Å². The number of ether oxygens (including phenoxy) is 4. The molecule has 49 heavy (non-hydrogen) atoms. The first-order valence-electron chi connectivity index (χ1n) is 16.8. The summed E-state index contributed by atoms with van der Waals surface area (Å²) in [6.45, 7) is 12.4. The number of rotatable bonds is 5. The highest BCUT2D eigenvalue weighted by atomic mass is 16.6. The average Bonchev–Trinajstić information content (AvgIpc) is 3.16. The highest BCUT2D eigenvalue weighted by Gasteiger charge is 2.48. The van der Waals surface area contributed by atoms with Gasteiger partial charge in [-0.1, -0.05) is 30.3 Å². The van der Waals surface area contributed by atoms with Crippen LogP contribution in [0.1, 0.15) is 82.3 Å². The SMILES string of the molecule is CC(C)(C)OC(=O)N1CCC2(CC1)OC(=O)c1ccc(-c3ccc(C[C@@H](C#N)NC(=O)[C@@H]4CN(C(=O)OC(C)(C)C)CCCO4)cc3)cc12. The van der Waals surface area contributed by atoms with Crippen molar-refractivity contribution in [3.05, 3.63) is 59.2 Å². The first-order valence-corrected chi connectivity index (χ1v) is 16.8. The van der Waals surface area contributed by atoms with Crippen molar-refractivity contribution in [1.29, 1.82) is 5.26 Å². The summed E-state index contributed by atoms with van der Waals surface area (Å²) in [5.74, 6) is -0.821. The van der Waals surface area contributed by atoms with Gasteiger partial charge in [0.05, 0.1) is 18.2 Å². The lowest BCUT2D eigenvalue weighted by Crippen LogP contribution is -2.48. The van der Waals surface area contributed by atoms with E-state index in [0.717, 1.165) is 22.3 Å². The Bertz CT molecular complexity index is 1610. The number of nitrogens with one attached hydrogen (secondary N) is 1. The molecule has 0 unspecified atom stereocenters. The van der Waals surface area contributed by atoms with Gasteiger partial charge in [-0.05, 0) is 76.8 Å². The lowest BCUT2D eigenvalue weighted by Gasteiger charge is -2.39. The van der Waals surface area contributed by atoms with Crippen LogP contribution in [0.4, 0.5) is 9.59 Å². The van der Waals surface area contributed by atoms with Gasteiger partial charge in [0.15, 0.2) is 6.10 Å². The van der Waals surface area contributed by atoms with Gasteiger partial charge < -0.3 is 34.1 Å². The molecule has 2 atom stereocenters. The van der Waals surface area contributed by atoms with Gasteiger partial charge in [-0.25, -0.2) is 14.4 Å². The Kier molecular flexibility index (Phi) is 10.2. The van der Waals surface area contributed by atoms with Gasteiger partial charge >= 0.3 is 18.2 Å². The van der Waals surface area contributed by atoms with E-state index in [-0.39, 0.29) is 25.0 Å². The molecular formula is C37H46N4O8. The van der Waals surface area contributed by atoms with Crippen molar-refractivity contribution >= 4 is 24.1 Å². The van der Waals surface area contributed by atoms with E-state index in [4.69, 9.17) is 18.9 Å². The van der Waals surface area contributed by atoms with Crippen molar-refractivity contribution in [3.63, 3.8) is 0 Å². The van der Waals surface area contributed by atoms with Gasteiger partial charge in [0, 0.05) is 51.1 Å². The van der Waals surface area contributed by atoms with Crippen molar-refractivity contribution < 1.29 is 38.1 Å². The second-order valence-corrected chi connectivity index (χ2v) is 14.8. The van der Waals surface area contributed by atoms with E-state index in [2.05, 4.69) is 11.4 Å². The van der Waals surface area contributed by atoms with E-state index in [1.54, 1.807) is 31.7 Å². The summed E-state index contributed by atoms with van der Waals surface area (Å²) >= 11 is 0. The van der Waals surface area contributed by atoms with Crippen LogP contribution in [0, 0.1) is 11.3 Å². The number of nitrogens with zero attached hydrogens (tertiary/aromatic N) is 3. The van der Waals surface area contributed by atoms with Gasteiger partial charge in [0.25, 0.3) is 5.91 Å². The average molecular weight is 675 g/mol. The molecule has 3 aliphatic rings. The maximum Gasteiger partial charge on any atom is 0.410 e. The van der Waals surface area contributed by atoms with E-state index in [1.807, 2.05) is 57.2 Å². The summed E-state index contributed by atoms with van der Waals surface area (Å²) < 4.78 is 22.7. The Morgan fingerprint density at radius 1 is 0.939 bits per heavy atom. The predicted octanol–water partition coefficient (Wildman–Crippen LogP) is 5.33. The van der Waals surface area contributed by atoms with Gasteiger partial charge in [-0.3, -0.25) is 4.79 Å². The van der Waals surface area contributed by atoms with E-state index >= 15 is 0 Å². The molecule has 1 N–H and O–H groups in total. The van der Waals surface area contributed by atoms with Crippen LogP contribution in [0.15, 0.2) is 42.5 Å². The molecule has 1 spiro atoms. The van der Waals surface area contributed by atoms with Crippen molar-refractivity contribution in [2.75, 3.05) is 32.8 Å². The summed E-state index contributed by atoms with van der Waals surface area (Å²) in [5.41, 5.74) is 1.96. The number of carbonyl (C=O) groups excluding carboxylic acids is 4. The number of piperidine rings is 1. The summed E-state index contributed by atoms with van der Waals surface area (Å²) in [5, 5.41) is 12.6. The zero-order valence-corrected chi connectivity index (χ0v) is 29.2. The second kappa shape index (κ2) is 14.1. The molecule has 12 heteroatoms. The van der Waals surface area contributed by atoms with Crippen LogP contribution < -0.4 is 5.32 Å². The molecule has 0 aromatic heterocycles. The fraction of sp³-hybridized carbons (Fsp3) is 0.541. The smallest absolute Gasteiger partial charge is 0.410 e. The zero-order valence-electron chi connectivity index (χ0n) is 29.2. The quantitative estimate of drug-likeness (QED) is 0.328. The number of carbonyl (C=O) groups is 4. The van der Waals surface area contributed by atoms with Crippen LogP contribution in [0.25, 0.3) is 11.1 Å². The highest BCUT2D eigenvalue weighted by Crippen LogP contribution is 2.45. The fourth-order valence-electron chi connectivity index (χ4n) is 6.25. The number of hydrogen-bond acceptors (Lipinski definition) is 9. The Balaban J connectivity index is 1.22. The number of likely N-dealkylation sites (tertiary alicyclic amines) is 1. The lowest BCUT2D eigenvalue weighted by atomic mass is 9.82. The van der Waals surface area contributed by atoms with Crippen LogP contribution >= 0.6 is 0 Å². The Morgan fingerprint density at radius 3 is 2.16 bits per heavy atom. The molecule has 5 rings (SSSR count). The molecule has 2 aromatic carbocycles. The van der Waals surface area contributed by atoms with Gasteiger partial charge in [0.1, 0.15) is 22.8 Å². The molecule has 0 aliphatic carbocycles. The standard InChI is InChI=1S/C37H46N4O8/c1-35(2,3)48-33(44)40-17-14-37(15-18-40)29-21-26(12-13-28(29)32(43)47-37)25-10-8-24(9-11-25)20-27(22-38)39-31(42)30-23-41(16-7-19-46-30)34(45)49-36(4,5)6/h8-13,21,27,30H,7,14-20,23H2,1-6H3,(H,39,42)/t27-,30-/m0/s1. The molecule has 0 bridgehead atoms. The van der Waals surface area contributed by atoms with E-state index in [0.29, 0.717) is 51.1 Å². The number of benzene rings is 2. The van der Waals surface area contributed by atoms with Gasteiger partial charge in [-0.2, -0.15) is 5.26 Å². The second-order valence-electron chi connectivity index (χ2n) is 14.8. The molecule has 2 saturated heterocycles. The van der Waals surface area contributed by atoms with E-state index in [1.165, 1.54) is 4.90 Å². The minimum absolute atomic E-state index is 0.0360. The molecule has 2 aromatic rings. The third-order valence-corrected chi connectivity index (χ3v) is 8.66. The predicted molar refractivity (Wildman–Crippen MR) is 179 cm³/mol. The first kappa shape index (κ1) is 35.7. The largest absolute Gasteiger partial charge is 0.450 e. The molecule has 12 nitrogen and oxygen atoms in total. The van der Waals surface area contributed by atoms with Crippen LogP contribution in [0.3, 0.4) is 0 Å². The van der Waals surface area contributed by atoms with Crippen molar-refractivity contribution in [2.45, 2.75) is 96.2 Å². The van der Waals surface area contributed by atoms with Crippen molar-refractivity contribution in [2.24, 2.45) is 0 Å².